The number of hydrogen-bond acceptors (Lipinski definition) is 5. The SMILES string of the molecule is CCOc1cc(/C=N/NC(N)=S)cc(Br)c1OCCOc1ccc(C)c(C)c1. The molecule has 0 spiro atoms. The molecule has 0 heterocycles. The number of benzene rings is 2. The van der Waals surface area contributed by atoms with Gasteiger partial charge in [0.2, 0.25) is 0 Å². The van der Waals surface area contributed by atoms with E-state index in [0.717, 1.165) is 15.8 Å². The molecule has 3 N–H and O–H groups in total. The zero-order chi connectivity index (χ0) is 20.5. The first-order chi connectivity index (χ1) is 13.4. The second-order valence-corrected chi connectivity index (χ2v) is 7.23. The second-order valence-electron chi connectivity index (χ2n) is 5.94. The van der Waals surface area contributed by atoms with Crippen molar-refractivity contribution in [2.24, 2.45) is 10.8 Å². The minimum atomic E-state index is 0.101. The van der Waals surface area contributed by atoms with Crippen LogP contribution in [0.5, 0.6) is 17.2 Å². The number of thiocarbonyl (C=S) groups is 1. The predicted molar refractivity (Wildman–Crippen MR) is 120 cm³/mol. The Kier molecular flexibility index (Phi) is 8.53. The second kappa shape index (κ2) is 10.9. The Balaban J connectivity index is 2.01. The molecule has 0 atom stereocenters. The van der Waals surface area contributed by atoms with E-state index in [9.17, 15) is 0 Å². The molecule has 0 aliphatic rings. The van der Waals surface area contributed by atoms with Crippen LogP contribution >= 0.6 is 28.1 Å². The van der Waals surface area contributed by atoms with Crippen LogP contribution in [0.3, 0.4) is 0 Å². The van der Waals surface area contributed by atoms with E-state index in [0.29, 0.717) is 31.3 Å². The van der Waals surface area contributed by atoms with Crippen molar-refractivity contribution in [1.82, 2.24) is 5.43 Å². The van der Waals surface area contributed by atoms with Crippen LogP contribution in [0.15, 0.2) is 39.9 Å². The van der Waals surface area contributed by atoms with Gasteiger partial charge in [-0.3, -0.25) is 5.43 Å². The lowest BCUT2D eigenvalue weighted by Crippen LogP contribution is -2.24. The number of nitrogens with one attached hydrogen (secondary N) is 1. The molecule has 0 fully saturated rings. The van der Waals surface area contributed by atoms with Crippen molar-refractivity contribution in [3.63, 3.8) is 0 Å². The molecule has 2 rings (SSSR count). The van der Waals surface area contributed by atoms with E-state index in [4.69, 9.17) is 32.2 Å². The van der Waals surface area contributed by atoms with Crippen molar-refractivity contribution >= 4 is 39.5 Å². The number of halogens is 1. The Morgan fingerprint density at radius 3 is 2.57 bits per heavy atom. The summed E-state index contributed by atoms with van der Waals surface area (Å²) in [6.07, 6.45) is 1.60. The van der Waals surface area contributed by atoms with Crippen LogP contribution in [0.25, 0.3) is 0 Å². The summed E-state index contributed by atoms with van der Waals surface area (Å²) < 4.78 is 18.1. The summed E-state index contributed by atoms with van der Waals surface area (Å²) in [4.78, 5) is 0. The topological polar surface area (TPSA) is 78.1 Å². The molecule has 0 aliphatic heterocycles. The van der Waals surface area contributed by atoms with E-state index in [1.165, 1.54) is 11.1 Å². The zero-order valence-corrected chi connectivity index (χ0v) is 18.5. The summed E-state index contributed by atoms with van der Waals surface area (Å²) in [5, 5.41) is 4.06. The summed E-state index contributed by atoms with van der Waals surface area (Å²) in [5.41, 5.74) is 11.1. The van der Waals surface area contributed by atoms with Crippen LogP contribution in [0, 0.1) is 13.8 Å². The average Bonchev–Trinajstić information content (AvgIpc) is 2.63. The largest absolute Gasteiger partial charge is 0.490 e. The zero-order valence-electron chi connectivity index (χ0n) is 16.1. The van der Waals surface area contributed by atoms with Crippen LogP contribution in [0.4, 0.5) is 0 Å². The molecular weight excluding hydrogens is 442 g/mol. The van der Waals surface area contributed by atoms with E-state index in [-0.39, 0.29) is 5.11 Å². The minimum Gasteiger partial charge on any atom is -0.490 e. The van der Waals surface area contributed by atoms with Gasteiger partial charge in [0.15, 0.2) is 16.6 Å². The Morgan fingerprint density at radius 2 is 1.89 bits per heavy atom. The van der Waals surface area contributed by atoms with Crippen molar-refractivity contribution in [2.45, 2.75) is 20.8 Å². The van der Waals surface area contributed by atoms with Crippen molar-refractivity contribution in [2.75, 3.05) is 19.8 Å². The van der Waals surface area contributed by atoms with Crippen LogP contribution < -0.4 is 25.4 Å². The van der Waals surface area contributed by atoms with Crippen LogP contribution in [-0.4, -0.2) is 31.1 Å². The molecule has 2 aromatic rings. The molecule has 8 heteroatoms. The predicted octanol–water partition coefficient (Wildman–Crippen LogP) is 4.09. The molecule has 2 aromatic carbocycles. The Hall–Kier alpha value is -2.32. The van der Waals surface area contributed by atoms with Crippen LogP contribution in [-0.2, 0) is 0 Å². The monoisotopic (exact) mass is 465 g/mol. The number of hydrazone groups is 1. The number of nitrogens with two attached hydrogens (primary N) is 1. The van der Waals surface area contributed by atoms with E-state index in [1.807, 2.05) is 37.3 Å². The van der Waals surface area contributed by atoms with Gasteiger partial charge in [0.25, 0.3) is 0 Å². The highest BCUT2D eigenvalue weighted by atomic mass is 79.9. The maximum Gasteiger partial charge on any atom is 0.184 e. The molecule has 0 unspecified atom stereocenters. The summed E-state index contributed by atoms with van der Waals surface area (Å²) in [6.45, 7) is 7.35. The van der Waals surface area contributed by atoms with Gasteiger partial charge in [0, 0.05) is 0 Å². The maximum absolute atomic E-state index is 5.90. The van der Waals surface area contributed by atoms with Gasteiger partial charge in [0.1, 0.15) is 19.0 Å². The first-order valence-electron chi connectivity index (χ1n) is 8.78. The molecule has 6 nitrogen and oxygen atoms in total. The smallest absolute Gasteiger partial charge is 0.184 e. The minimum absolute atomic E-state index is 0.101. The average molecular weight is 466 g/mol. The lowest BCUT2D eigenvalue weighted by atomic mass is 10.1. The molecule has 0 saturated carbocycles. The van der Waals surface area contributed by atoms with Crippen LogP contribution in [0.2, 0.25) is 0 Å². The van der Waals surface area contributed by atoms with Gasteiger partial charge in [-0.05, 0) is 89.9 Å². The Bertz CT molecular complexity index is 859. The molecule has 28 heavy (non-hydrogen) atoms. The third-order valence-corrected chi connectivity index (χ3v) is 4.48. The molecular formula is C20H24BrN3O3S. The van der Waals surface area contributed by atoms with Gasteiger partial charge >= 0.3 is 0 Å². The van der Waals surface area contributed by atoms with Crippen LogP contribution in [0.1, 0.15) is 23.6 Å². The Labute approximate surface area is 179 Å². The van der Waals surface area contributed by atoms with Crippen molar-refractivity contribution in [1.29, 1.82) is 0 Å². The van der Waals surface area contributed by atoms with Crippen molar-refractivity contribution in [3.05, 3.63) is 51.5 Å². The van der Waals surface area contributed by atoms with Gasteiger partial charge in [-0.1, -0.05) is 6.07 Å². The van der Waals surface area contributed by atoms with E-state index < -0.39 is 0 Å². The van der Waals surface area contributed by atoms with E-state index in [2.05, 4.69) is 40.3 Å². The summed E-state index contributed by atoms with van der Waals surface area (Å²) in [6, 6.07) is 9.72. The molecule has 0 amide bonds. The molecule has 0 radical (unpaired) electrons. The highest BCUT2D eigenvalue weighted by Gasteiger charge is 2.12. The highest BCUT2D eigenvalue weighted by molar-refractivity contribution is 9.10. The quantitative estimate of drug-likeness (QED) is 0.251. The lowest BCUT2D eigenvalue weighted by molar-refractivity contribution is 0.207. The molecule has 0 bridgehead atoms. The standard InChI is InChI=1S/C20H24BrN3O3S/c1-4-25-18-11-15(12-23-24-20(22)28)10-17(21)19(18)27-8-7-26-16-6-5-13(2)14(3)9-16/h5-6,9-12H,4,7-8H2,1-3H3,(H3,22,24,28)/b23-12+. The Morgan fingerprint density at radius 1 is 1.14 bits per heavy atom. The first kappa shape index (κ1) is 22.0. The van der Waals surface area contributed by atoms with Crippen molar-refractivity contribution < 1.29 is 14.2 Å². The van der Waals surface area contributed by atoms with Gasteiger partial charge in [-0.2, -0.15) is 5.10 Å². The fraction of sp³-hybridized carbons (Fsp3) is 0.300. The number of rotatable bonds is 9. The fourth-order valence-electron chi connectivity index (χ4n) is 2.34. The number of nitrogens with zero attached hydrogens (tertiary/aromatic N) is 1. The maximum atomic E-state index is 5.90. The van der Waals surface area contributed by atoms with Gasteiger partial charge < -0.3 is 19.9 Å². The third-order valence-electron chi connectivity index (χ3n) is 3.80. The van der Waals surface area contributed by atoms with Crippen molar-refractivity contribution in [3.8, 4) is 17.2 Å². The van der Waals surface area contributed by atoms with Gasteiger partial charge in [0.05, 0.1) is 17.3 Å². The number of ether oxygens (including phenoxy) is 3. The number of hydrogen-bond donors (Lipinski definition) is 2. The summed E-state index contributed by atoms with van der Waals surface area (Å²) in [7, 11) is 0. The first-order valence-corrected chi connectivity index (χ1v) is 9.98. The lowest BCUT2D eigenvalue weighted by Gasteiger charge is -2.15. The normalized spacial score (nSPS) is 10.7. The highest BCUT2D eigenvalue weighted by Crippen LogP contribution is 2.36. The third kappa shape index (κ3) is 6.69. The molecule has 0 aromatic heterocycles. The summed E-state index contributed by atoms with van der Waals surface area (Å²) >= 11 is 8.24. The molecule has 0 saturated heterocycles. The molecule has 0 aliphatic carbocycles. The van der Waals surface area contributed by atoms with E-state index in [1.54, 1.807) is 6.21 Å². The van der Waals surface area contributed by atoms with E-state index >= 15 is 0 Å². The summed E-state index contributed by atoms with van der Waals surface area (Å²) in [5.74, 6) is 2.05. The molecule has 150 valence electrons. The van der Waals surface area contributed by atoms with Gasteiger partial charge in [-0.15, -0.1) is 0 Å². The van der Waals surface area contributed by atoms with Gasteiger partial charge in [-0.25, -0.2) is 0 Å². The number of aryl methyl sites for hydroxylation is 2. The fourth-order valence-corrected chi connectivity index (χ4v) is 2.97.